The Balaban J connectivity index is 2.05. The van der Waals surface area contributed by atoms with E-state index in [1.54, 1.807) is 29.8 Å². The van der Waals surface area contributed by atoms with Gasteiger partial charge in [-0.05, 0) is 22.0 Å². The smallest absolute Gasteiger partial charge is 0.145 e. The van der Waals surface area contributed by atoms with Crippen LogP contribution in [0.1, 0.15) is 5.01 Å². The standard InChI is InChI=1S/C9H7BrClN3S/c10-6-3-7(11)9(13-4-6)14-5-8-12-1-2-15-8/h1-4H,5H2,(H,13,14). The molecule has 0 aliphatic carbocycles. The molecule has 2 aromatic rings. The highest BCUT2D eigenvalue weighted by atomic mass is 79.9. The highest BCUT2D eigenvalue weighted by molar-refractivity contribution is 9.10. The maximum atomic E-state index is 6.00. The van der Waals surface area contributed by atoms with Crippen molar-refractivity contribution in [3.05, 3.63) is 38.3 Å². The first kappa shape index (κ1) is 10.9. The van der Waals surface area contributed by atoms with E-state index in [9.17, 15) is 0 Å². The number of hydrogen-bond acceptors (Lipinski definition) is 4. The number of hydrogen-bond donors (Lipinski definition) is 1. The van der Waals surface area contributed by atoms with Crippen LogP contribution in [-0.4, -0.2) is 9.97 Å². The van der Waals surface area contributed by atoms with Crippen LogP contribution in [0.4, 0.5) is 5.82 Å². The molecule has 0 amide bonds. The third-order valence-electron chi connectivity index (χ3n) is 1.70. The summed E-state index contributed by atoms with van der Waals surface area (Å²) in [5.41, 5.74) is 0. The summed E-state index contributed by atoms with van der Waals surface area (Å²) in [4.78, 5) is 8.32. The third-order valence-corrected chi connectivity index (χ3v) is 3.20. The summed E-state index contributed by atoms with van der Waals surface area (Å²) in [6.45, 7) is 0.645. The minimum atomic E-state index is 0.598. The predicted octanol–water partition coefficient (Wildman–Crippen LogP) is 3.57. The van der Waals surface area contributed by atoms with Crippen LogP contribution in [0.2, 0.25) is 5.02 Å². The number of thiazole rings is 1. The maximum absolute atomic E-state index is 6.00. The average molecular weight is 305 g/mol. The van der Waals surface area contributed by atoms with E-state index in [4.69, 9.17) is 11.6 Å². The zero-order chi connectivity index (χ0) is 10.7. The summed E-state index contributed by atoms with van der Waals surface area (Å²) < 4.78 is 0.868. The van der Waals surface area contributed by atoms with Crippen molar-refractivity contribution in [2.45, 2.75) is 6.54 Å². The van der Waals surface area contributed by atoms with Gasteiger partial charge in [-0.15, -0.1) is 11.3 Å². The second-order valence-corrected chi connectivity index (χ2v) is 5.07. The van der Waals surface area contributed by atoms with Crippen LogP contribution in [0.3, 0.4) is 0 Å². The lowest BCUT2D eigenvalue weighted by Crippen LogP contribution is -2.01. The van der Waals surface area contributed by atoms with Crippen molar-refractivity contribution in [2.24, 2.45) is 0 Å². The fourth-order valence-corrected chi connectivity index (χ4v) is 2.30. The Morgan fingerprint density at radius 2 is 2.33 bits per heavy atom. The number of nitrogens with zero attached hydrogens (tertiary/aromatic N) is 2. The van der Waals surface area contributed by atoms with E-state index < -0.39 is 0 Å². The van der Waals surface area contributed by atoms with Gasteiger partial charge in [0, 0.05) is 22.2 Å². The maximum Gasteiger partial charge on any atom is 0.145 e. The third kappa shape index (κ3) is 2.90. The minimum Gasteiger partial charge on any atom is -0.362 e. The van der Waals surface area contributed by atoms with Crippen molar-refractivity contribution in [2.75, 3.05) is 5.32 Å². The van der Waals surface area contributed by atoms with E-state index >= 15 is 0 Å². The fourth-order valence-electron chi connectivity index (χ4n) is 1.04. The van der Waals surface area contributed by atoms with Gasteiger partial charge in [-0.25, -0.2) is 9.97 Å². The number of halogens is 2. The van der Waals surface area contributed by atoms with Gasteiger partial charge in [0.05, 0.1) is 11.6 Å². The number of aromatic nitrogens is 2. The monoisotopic (exact) mass is 303 g/mol. The number of nitrogens with one attached hydrogen (secondary N) is 1. The molecule has 0 saturated heterocycles. The molecule has 1 N–H and O–H groups in total. The highest BCUT2D eigenvalue weighted by Crippen LogP contribution is 2.23. The lowest BCUT2D eigenvalue weighted by molar-refractivity contribution is 1.08. The van der Waals surface area contributed by atoms with Crippen molar-refractivity contribution < 1.29 is 0 Å². The van der Waals surface area contributed by atoms with E-state index in [-0.39, 0.29) is 0 Å². The summed E-state index contributed by atoms with van der Waals surface area (Å²) in [6.07, 6.45) is 3.48. The van der Waals surface area contributed by atoms with Gasteiger partial charge in [-0.2, -0.15) is 0 Å². The van der Waals surface area contributed by atoms with E-state index in [2.05, 4.69) is 31.2 Å². The molecule has 0 radical (unpaired) electrons. The molecule has 0 saturated carbocycles. The van der Waals surface area contributed by atoms with Gasteiger partial charge in [0.15, 0.2) is 0 Å². The first-order valence-electron chi connectivity index (χ1n) is 4.19. The van der Waals surface area contributed by atoms with E-state index in [0.29, 0.717) is 17.4 Å². The van der Waals surface area contributed by atoms with Crippen molar-refractivity contribution in [3.8, 4) is 0 Å². The average Bonchev–Trinajstić information content (AvgIpc) is 2.69. The number of anilines is 1. The molecule has 0 fully saturated rings. The molecule has 0 aliphatic heterocycles. The summed E-state index contributed by atoms with van der Waals surface area (Å²) in [5, 5.41) is 6.67. The Hall–Kier alpha value is -0.650. The zero-order valence-electron chi connectivity index (χ0n) is 7.58. The van der Waals surface area contributed by atoms with Crippen LogP contribution in [0.5, 0.6) is 0 Å². The van der Waals surface area contributed by atoms with Gasteiger partial charge >= 0.3 is 0 Å². The number of rotatable bonds is 3. The van der Waals surface area contributed by atoms with Crippen molar-refractivity contribution in [3.63, 3.8) is 0 Å². The molecule has 6 heteroatoms. The lowest BCUT2D eigenvalue weighted by Gasteiger charge is -2.05. The zero-order valence-corrected chi connectivity index (χ0v) is 10.7. The van der Waals surface area contributed by atoms with Gasteiger partial charge in [-0.1, -0.05) is 11.6 Å². The number of pyridine rings is 1. The normalized spacial score (nSPS) is 10.3. The molecule has 2 rings (SSSR count). The highest BCUT2D eigenvalue weighted by Gasteiger charge is 2.02. The second kappa shape index (κ2) is 4.92. The fraction of sp³-hybridized carbons (Fsp3) is 0.111. The Bertz CT molecular complexity index is 447. The molecule has 0 spiro atoms. The summed E-state index contributed by atoms with van der Waals surface area (Å²) >= 11 is 10.9. The first-order valence-corrected chi connectivity index (χ1v) is 6.24. The molecular formula is C9H7BrClN3S. The Labute approximate surface area is 105 Å². The minimum absolute atomic E-state index is 0.598. The molecule has 78 valence electrons. The quantitative estimate of drug-likeness (QED) is 0.942. The Morgan fingerprint density at radius 1 is 1.47 bits per heavy atom. The molecule has 15 heavy (non-hydrogen) atoms. The molecule has 0 aliphatic rings. The molecule has 3 nitrogen and oxygen atoms in total. The molecular weight excluding hydrogens is 298 g/mol. The van der Waals surface area contributed by atoms with Crippen LogP contribution in [-0.2, 0) is 6.54 Å². The summed E-state index contributed by atoms with van der Waals surface area (Å²) in [5.74, 6) is 0.676. The molecule has 2 aromatic heterocycles. The molecule has 0 unspecified atom stereocenters. The second-order valence-electron chi connectivity index (χ2n) is 2.76. The predicted molar refractivity (Wildman–Crippen MR) is 66.4 cm³/mol. The van der Waals surface area contributed by atoms with Crippen molar-refractivity contribution >= 4 is 44.7 Å². The Kier molecular flexibility index (Phi) is 3.56. The lowest BCUT2D eigenvalue weighted by atomic mass is 10.4. The van der Waals surface area contributed by atoms with Crippen molar-refractivity contribution in [1.29, 1.82) is 0 Å². The topological polar surface area (TPSA) is 37.8 Å². The van der Waals surface area contributed by atoms with Crippen LogP contribution in [0.15, 0.2) is 28.3 Å². The molecule has 0 atom stereocenters. The first-order chi connectivity index (χ1) is 7.25. The van der Waals surface area contributed by atoms with Crippen LogP contribution in [0.25, 0.3) is 0 Å². The SMILES string of the molecule is Clc1cc(Br)cnc1NCc1nccs1. The van der Waals surface area contributed by atoms with Crippen LogP contribution < -0.4 is 5.32 Å². The van der Waals surface area contributed by atoms with Gasteiger partial charge in [0.2, 0.25) is 0 Å². The molecule has 0 bridgehead atoms. The van der Waals surface area contributed by atoms with Crippen molar-refractivity contribution in [1.82, 2.24) is 9.97 Å². The summed E-state index contributed by atoms with van der Waals surface area (Å²) in [6, 6.07) is 1.80. The largest absolute Gasteiger partial charge is 0.362 e. The van der Waals surface area contributed by atoms with Gasteiger partial charge < -0.3 is 5.32 Å². The summed E-state index contributed by atoms with van der Waals surface area (Å²) in [7, 11) is 0. The van der Waals surface area contributed by atoms with E-state index in [1.807, 2.05) is 5.38 Å². The molecule has 2 heterocycles. The van der Waals surface area contributed by atoms with Crippen LogP contribution in [0, 0.1) is 0 Å². The van der Waals surface area contributed by atoms with Gasteiger partial charge in [0.25, 0.3) is 0 Å². The Morgan fingerprint density at radius 3 is 3.00 bits per heavy atom. The van der Waals surface area contributed by atoms with E-state index in [1.165, 1.54) is 0 Å². The van der Waals surface area contributed by atoms with E-state index in [0.717, 1.165) is 9.48 Å². The van der Waals surface area contributed by atoms with Crippen LogP contribution >= 0.6 is 38.9 Å². The molecule has 0 aromatic carbocycles. The van der Waals surface area contributed by atoms with Gasteiger partial charge in [0.1, 0.15) is 10.8 Å². The van der Waals surface area contributed by atoms with Gasteiger partial charge in [-0.3, -0.25) is 0 Å².